The first-order valence-corrected chi connectivity index (χ1v) is 18.4. The number of nitrogen functional groups attached to an aromatic ring is 1. The Labute approximate surface area is 323 Å². The van der Waals surface area contributed by atoms with Gasteiger partial charge in [0.25, 0.3) is 5.91 Å². The zero-order valence-electron chi connectivity index (χ0n) is 32.1. The molecule has 2 aliphatic heterocycles. The van der Waals surface area contributed by atoms with Crippen molar-refractivity contribution < 1.29 is 32.3 Å². The first kappa shape index (κ1) is 40.0. The van der Waals surface area contributed by atoms with Gasteiger partial charge in [-0.1, -0.05) is 37.0 Å². The first-order chi connectivity index (χ1) is 26.5. The molecule has 6 rings (SSSR count). The highest BCUT2D eigenvalue weighted by atomic mass is 19.4. The van der Waals surface area contributed by atoms with Crippen molar-refractivity contribution in [3.05, 3.63) is 93.8 Å². The lowest BCUT2D eigenvalue weighted by molar-refractivity contribution is -0.137. The molecule has 4 heterocycles. The van der Waals surface area contributed by atoms with E-state index in [1.54, 1.807) is 58.2 Å². The molecule has 0 spiro atoms. The third-order valence-corrected chi connectivity index (χ3v) is 9.72. The molecule has 0 atom stereocenters. The number of nitrogens with two attached hydrogens (primary N) is 1. The number of imide groups is 1. The summed E-state index contributed by atoms with van der Waals surface area (Å²) >= 11 is 0. The second kappa shape index (κ2) is 16.2. The maximum Gasteiger partial charge on any atom is 0.417 e. The number of fused-ring (bicyclic) bond motifs is 1. The Morgan fingerprint density at radius 1 is 0.982 bits per heavy atom. The SMILES string of the molecule is CCN1CCN(Cc2ccc(C(F)(F)F)cc2NC(=O)Cc2cccc(C#Cc3cnc(N)nc3-c3cc4c(n3C)CCN(C(=O)OC(C)(C)C)C4=O)c2)CC1. The number of ether oxygens (including phenoxy) is 1. The molecule has 3 N–H and O–H groups in total. The average Bonchev–Trinajstić information content (AvgIpc) is 3.47. The molecule has 1 saturated heterocycles. The molecule has 4 aromatic rings. The molecule has 1 fully saturated rings. The molecule has 0 aliphatic carbocycles. The zero-order valence-corrected chi connectivity index (χ0v) is 32.1. The van der Waals surface area contributed by atoms with Crippen LogP contribution in [0, 0.1) is 11.8 Å². The van der Waals surface area contributed by atoms with Crippen LogP contribution in [-0.2, 0) is 42.1 Å². The summed E-state index contributed by atoms with van der Waals surface area (Å²) in [5.74, 6) is 5.24. The lowest BCUT2D eigenvalue weighted by Gasteiger charge is -2.34. The van der Waals surface area contributed by atoms with Gasteiger partial charge < -0.3 is 25.3 Å². The standard InChI is InChI=1S/C41H45F3N8O4/c1-6-50-16-18-51(19-17-50)25-29-12-13-30(41(42,43)44)22-32(29)47-35(53)21-27-9-7-8-26(20-27)10-11-28-24-46-38(45)48-36(28)34-23-31-33(49(34)5)14-15-52(37(31)54)39(55)56-40(2,3)4/h7-9,12-13,20,22-24H,6,14-19,21,25H2,1-5H3,(H,47,53)(H2,45,46,48). The molecule has 15 heteroatoms. The van der Waals surface area contributed by atoms with E-state index >= 15 is 0 Å². The highest BCUT2D eigenvalue weighted by Gasteiger charge is 2.35. The molecule has 2 aromatic heterocycles. The van der Waals surface area contributed by atoms with E-state index in [1.165, 1.54) is 12.3 Å². The largest absolute Gasteiger partial charge is 0.443 e. The number of hydrogen-bond donors (Lipinski definition) is 2. The van der Waals surface area contributed by atoms with E-state index in [0.29, 0.717) is 52.2 Å². The third-order valence-electron chi connectivity index (χ3n) is 9.72. The number of amides is 3. The zero-order chi connectivity index (χ0) is 40.4. The number of likely N-dealkylation sites (N-methyl/N-ethyl adjacent to an activating group) is 1. The van der Waals surface area contributed by atoms with Crippen LogP contribution in [-0.4, -0.2) is 92.0 Å². The van der Waals surface area contributed by atoms with Crippen LogP contribution >= 0.6 is 0 Å². The molecule has 0 unspecified atom stereocenters. The molecule has 2 aliphatic rings. The summed E-state index contributed by atoms with van der Waals surface area (Å²) in [6.07, 6.45) is -3.48. The maximum atomic E-state index is 13.7. The number of carbonyl (C=O) groups excluding carboxylic acids is 3. The van der Waals surface area contributed by atoms with Gasteiger partial charge in [0.05, 0.1) is 28.8 Å². The minimum atomic E-state index is -4.56. The number of nitrogens with zero attached hydrogens (tertiary/aromatic N) is 6. The number of alkyl halides is 3. The van der Waals surface area contributed by atoms with Gasteiger partial charge in [-0.25, -0.2) is 19.7 Å². The van der Waals surface area contributed by atoms with Gasteiger partial charge in [0.2, 0.25) is 11.9 Å². The topological polar surface area (TPSA) is 139 Å². The van der Waals surface area contributed by atoms with Gasteiger partial charge in [-0.2, -0.15) is 13.2 Å². The Bertz CT molecular complexity index is 2210. The number of nitrogens with one attached hydrogen (secondary N) is 1. The normalized spacial score (nSPS) is 15.2. The minimum Gasteiger partial charge on any atom is -0.443 e. The van der Waals surface area contributed by atoms with Crippen molar-refractivity contribution in [1.82, 2.24) is 29.2 Å². The van der Waals surface area contributed by atoms with E-state index in [-0.39, 0.29) is 24.6 Å². The van der Waals surface area contributed by atoms with Gasteiger partial charge in [0, 0.05) is 75.9 Å². The van der Waals surface area contributed by atoms with Crippen molar-refractivity contribution in [3.8, 4) is 23.2 Å². The fourth-order valence-electron chi connectivity index (χ4n) is 6.79. The maximum absolute atomic E-state index is 13.7. The second-order valence-corrected chi connectivity index (χ2v) is 14.9. The van der Waals surface area contributed by atoms with Crippen LogP contribution < -0.4 is 11.1 Å². The molecule has 0 radical (unpaired) electrons. The smallest absolute Gasteiger partial charge is 0.417 e. The Morgan fingerprint density at radius 2 is 1.71 bits per heavy atom. The van der Waals surface area contributed by atoms with Crippen LogP contribution in [0.2, 0.25) is 0 Å². The number of anilines is 2. The lowest BCUT2D eigenvalue weighted by atomic mass is 10.1. The van der Waals surface area contributed by atoms with E-state index < -0.39 is 35.2 Å². The Morgan fingerprint density at radius 3 is 2.41 bits per heavy atom. The van der Waals surface area contributed by atoms with Gasteiger partial charge >= 0.3 is 12.3 Å². The highest BCUT2D eigenvalue weighted by Crippen LogP contribution is 2.34. The van der Waals surface area contributed by atoms with E-state index in [0.717, 1.165) is 55.5 Å². The number of halogens is 3. The third kappa shape index (κ3) is 9.38. The van der Waals surface area contributed by atoms with Crippen molar-refractivity contribution in [2.45, 2.75) is 58.9 Å². The summed E-state index contributed by atoms with van der Waals surface area (Å²) in [6.45, 7) is 12.1. The molecule has 0 bridgehead atoms. The monoisotopic (exact) mass is 770 g/mol. The number of aromatic nitrogens is 3. The summed E-state index contributed by atoms with van der Waals surface area (Å²) in [5, 5.41) is 2.74. The molecular weight excluding hydrogens is 725 g/mol. The summed E-state index contributed by atoms with van der Waals surface area (Å²) in [5.41, 5.74) is 8.74. The number of hydrogen-bond acceptors (Lipinski definition) is 9. The molecule has 294 valence electrons. The summed E-state index contributed by atoms with van der Waals surface area (Å²) in [4.78, 5) is 53.7. The molecule has 0 saturated carbocycles. The predicted molar refractivity (Wildman–Crippen MR) is 205 cm³/mol. The summed E-state index contributed by atoms with van der Waals surface area (Å²) in [7, 11) is 1.80. The van der Waals surface area contributed by atoms with E-state index in [4.69, 9.17) is 10.5 Å². The fourth-order valence-corrected chi connectivity index (χ4v) is 6.79. The van der Waals surface area contributed by atoms with Crippen LogP contribution in [0.3, 0.4) is 0 Å². The summed E-state index contributed by atoms with van der Waals surface area (Å²) < 4.78 is 48.3. The Balaban J connectivity index is 1.20. The predicted octanol–water partition coefficient (Wildman–Crippen LogP) is 5.74. The molecule has 12 nitrogen and oxygen atoms in total. The number of rotatable bonds is 7. The molecule has 2 aromatic carbocycles. The number of carbonyl (C=O) groups is 3. The van der Waals surface area contributed by atoms with Crippen molar-refractivity contribution in [2.75, 3.05) is 50.3 Å². The van der Waals surface area contributed by atoms with Crippen LogP contribution in [0.4, 0.5) is 29.6 Å². The Hall–Kier alpha value is -5.72. The average molecular weight is 771 g/mol. The van der Waals surface area contributed by atoms with Gasteiger partial charge in [0.15, 0.2) is 0 Å². The Kier molecular flexibility index (Phi) is 11.5. The minimum absolute atomic E-state index is 0.00225. The van der Waals surface area contributed by atoms with Gasteiger partial charge in [0.1, 0.15) is 11.3 Å². The van der Waals surface area contributed by atoms with Crippen LogP contribution in [0.5, 0.6) is 0 Å². The number of benzene rings is 2. The van der Waals surface area contributed by atoms with Crippen molar-refractivity contribution in [2.24, 2.45) is 7.05 Å². The van der Waals surface area contributed by atoms with Crippen molar-refractivity contribution in [1.29, 1.82) is 0 Å². The second-order valence-electron chi connectivity index (χ2n) is 14.9. The van der Waals surface area contributed by atoms with Crippen LogP contribution in [0.15, 0.2) is 54.7 Å². The molecular formula is C41H45F3N8O4. The number of piperazine rings is 1. The van der Waals surface area contributed by atoms with Crippen molar-refractivity contribution in [3.63, 3.8) is 0 Å². The fraction of sp³-hybridized carbons (Fsp3) is 0.390. The lowest BCUT2D eigenvalue weighted by Crippen LogP contribution is -2.45. The van der Waals surface area contributed by atoms with Crippen molar-refractivity contribution >= 4 is 29.5 Å². The first-order valence-electron chi connectivity index (χ1n) is 18.4. The highest BCUT2D eigenvalue weighted by molar-refractivity contribution is 6.05. The van der Waals surface area contributed by atoms with E-state index in [9.17, 15) is 27.6 Å². The van der Waals surface area contributed by atoms with Crippen LogP contribution in [0.1, 0.15) is 71.6 Å². The van der Waals surface area contributed by atoms with E-state index in [1.807, 2.05) is 4.57 Å². The quantitative estimate of drug-likeness (QED) is 0.226. The summed E-state index contributed by atoms with van der Waals surface area (Å²) in [6, 6.07) is 12.1. The van der Waals surface area contributed by atoms with Gasteiger partial charge in [-0.3, -0.25) is 14.5 Å². The van der Waals surface area contributed by atoms with Crippen LogP contribution in [0.25, 0.3) is 11.4 Å². The molecule has 56 heavy (non-hydrogen) atoms. The van der Waals surface area contributed by atoms with Gasteiger partial charge in [-0.15, -0.1) is 0 Å². The van der Waals surface area contributed by atoms with E-state index in [2.05, 4.69) is 43.8 Å². The molecule has 3 amide bonds. The van der Waals surface area contributed by atoms with Gasteiger partial charge in [-0.05, 0) is 68.8 Å².